The van der Waals surface area contributed by atoms with Crippen molar-refractivity contribution in [1.82, 2.24) is 0 Å². The van der Waals surface area contributed by atoms with Crippen LogP contribution < -0.4 is 0 Å². The largest absolute Gasteiger partial charge is 0.384 e. The third-order valence-electron chi connectivity index (χ3n) is 2.46. The highest BCUT2D eigenvalue weighted by Gasteiger charge is 2.16. The molecule has 0 bridgehead atoms. The molecule has 0 saturated carbocycles. The summed E-state index contributed by atoms with van der Waals surface area (Å²) in [5.41, 5.74) is 0.515. The van der Waals surface area contributed by atoms with E-state index >= 15 is 0 Å². The molecular formula is C13H8BrClF2O. The molecule has 1 N–H and O–H groups in total. The summed E-state index contributed by atoms with van der Waals surface area (Å²) < 4.78 is 26.9. The first-order valence-electron chi connectivity index (χ1n) is 5.06. The molecule has 0 saturated heterocycles. The lowest BCUT2D eigenvalue weighted by Gasteiger charge is -2.13. The van der Waals surface area contributed by atoms with Gasteiger partial charge in [0, 0.05) is 21.1 Å². The molecule has 94 valence electrons. The minimum Gasteiger partial charge on any atom is -0.384 e. The zero-order valence-corrected chi connectivity index (χ0v) is 11.3. The smallest absolute Gasteiger partial charge is 0.126 e. The molecule has 2 aromatic rings. The van der Waals surface area contributed by atoms with Crippen LogP contribution in [0.1, 0.15) is 17.2 Å². The van der Waals surface area contributed by atoms with E-state index in [1.165, 1.54) is 0 Å². The summed E-state index contributed by atoms with van der Waals surface area (Å²) in [7, 11) is 0. The molecule has 0 aromatic heterocycles. The van der Waals surface area contributed by atoms with Gasteiger partial charge in [-0.25, -0.2) is 8.78 Å². The molecule has 0 radical (unpaired) electrons. The van der Waals surface area contributed by atoms with Gasteiger partial charge in [0.15, 0.2) is 0 Å². The summed E-state index contributed by atoms with van der Waals surface area (Å²) >= 11 is 9.22. The van der Waals surface area contributed by atoms with Crippen LogP contribution in [0.3, 0.4) is 0 Å². The summed E-state index contributed by atoms with van der Waals surface area (Å²) in [5.74, 6) is -1.48. The molecule has 0 fully saturated rings. The average Bonchev–Trinajstić information content (AvgIpc) is 2.26. The number of aliphatic hydroxyl groups excluding tert-OH is 1. The maximum atomic E-state index is 13.1. The monoisotopic (exact) mass is 332 g/mol. The highest BCUT2D eigenvalue weighted by Crippen LogP contribution is 2.31. The highest BCUT2D eigenvalue weighted by molar-refractivity contribution is 9.10. The van der Waals surface area contributed by atoms with Gasteiger partial charge in [0.1, 0.15) is 17.7 Å². The van der Waals surface area contributed by atoms with Crippen LogP contribution in [0.4, 0.5) is 8.78 Å². The van der Waals surface area contributed by atoms with Crippen molar-refractivity contribution in [3.63, 3.8) is 0 Å². The van der Waals surface area contributed by atoms with E-state index < -0.39 is 17.7 Å². The summed E-state index contributed by atoms with van der Waals surface area (Å²) in [4.78, 5) is 0. The van der Waals surface area contributed by atoms with Crippen molar-refractivity contribution in [3.8, 4) is 0 Å². The fourth-order valence-electron chi connectivity index (χ4n) is 1.64. The van der Waals surface area contributed by atoms with Gasteiger partial charge in [0.25, 0.3) is 0 Å². The molecule has 18 heavy (non-hydrogen) atoms. The van der Waals surface area contributed by atoms with Crippen LogP contribution in [0.25, 0.3) is 0 Å². The van der Waals surface area contributed by atoms with Gasteiger partial charge >= 0.3 is 0 Å². The van der Waals surface area contributed by atoms with Gasteiger partial charge in [0.05, 0.1) is 0 Å². The van der Waals surface area contributed by atoms with E-state index in [4.69, 9.17) is 11.6 Å². The summed E-state index contributed by atoms with van der Waals surface area (Å²) in [6.45, 7) is 0. The summed E-state index contributed by atoms with van der Waals surface area (Å²) in [6, 6.07) is 7.80. The zero-order valence-electron chi connectivity index (χ0n) is 9.00. The Hall–Kier alpha value is -0.970. The Labute approximate surface area is 116 Å². The van der Waals surface area contributed by atoms with E-state index in [0.717, 1.165) is 22.7 Å². The van der Waals surface area contributed by atoms with E-state index in [0.29, 0.717) is 10.6 Å². The van der Waals surface area contributed by atoms with Gasteiger partial charge in [-0.05, 0) is 29.8 Å². The van der Waals surface area contributed by atoms with Crippen molar-refractivity contribution in [3.05, 3.63) is 68.7 Å². The maximum Gasteiger partial charge on any atom is 0.126 e. The molecule has 0 aliphatic heterocycles. The molecule has 0 aliphatic carbocycles. The third-order valence-corrected chi connectivity index (χ3v) is 3.28. The first kappa shape index (κ1) is 13.5. The fourth-order valence-corrected chi connectivity index (χ4v) is 2.41. The molecule has 1 unspecified atom stereocenters. The predicted molar refractivity (Wildman–Crippen MR) is 69.6 cm³/mol. The summed E-state index contributed by atoms with van der Waals surface area (Å²) in [5, 5.41) is 10.4. The number of benzene rings is 2. The second-order valence-corrected chi connectivity index (χ2v) is 5.09. The van der Waals surface area contributed by atoms with Gasteiger partial charge in [-0.15, -0.1) is 0 Å². The SMILES string of the molecule is OC(c1cc(F)cc(F)c1)c1ccc(Br)cc1Cl. The zero-order chi connectivity index (χ0) is 13.3. The lowest BCUT2D eigenvalue weighted by molar-refractivity contribution is 0.219. The van der Waals surface area contributed by atoms with E-state index in [1.54, 1.807) is 18.2 Å². The van der Waals surface area contributed by atoms with Gasteiger partial charge < -0.3 is 5.11 Å². The average molecular weight is 334 g/mol. The Morgan fingerprint density at radius 2 is 1.67 bits per heavy atom. The lowest BCUT2D eigenvalue weighted by atomic mass is 10.0. The van der Waals surface area contributed by atoms with Gasteiger partial charge in [-0.3, -0.25) is 0 Å². The predicted octanol–water partition coefficient (Wildman–Crippen LogP) is 4.46. The molecule has 1 nitrogen and oxygen atoms in total. The minimum absolute atomic E-state index is 0.122. The lowest BCUT2D eigenvalue weighted by Crippen LogP contribution is -2.02. The number of halogens is 4. The van der Waals surface area contributed by atoms with Crippen LogP contribution in [-0.2, 0) is 0 Å². The Morgan fingerprint density at radius 3 is 2.22 bits per heavy atom. The van der Waals surface area contributed by atoms with E-state index in [-0.39, 0.29) is 5.56 Å². The first-order chi connectivity index (χ1) is 8.47. The normalized spacial score (nSPS) is 12.5. The van der Waals surface area contributed by atoms with Gasteiger partial charge in [-0.1, -0.05) is 33.6 Å². The fraction of sp³-hybridized carbons (Fsp3) is 0.0769. The van der Waals surface area contributed by atoms with Crippen molar-refractivity contribution in [2.45, 2.75) is 6.10 Å². The quantitative estimate of drug-likeness (QED) is 0.860. The van der Waals surface area contributed by atoms with Crippen LogP contribution in [0.2, 0.25) is 5.02 Å². The highest BCUT2D eigenvalue weighted by atomic mass is 79.9. The number of hydrogen-bond acceptors (Lipinski definition) is 1. The van der Waals surface area contributed by atoms with Crippen molar-refractivity contribution in [2.24, 2.45) is 0 Å². The molecule has 5 heteroatoms. The van der Waals surface area contributed by atoms with E-state index in [9.17, 15) is 13.9 Å². The third kappa shape index (κ3) is 2.88. The Kier molecular flexibility index (Phi) is 4.00. The molecule has 1 atom stereocenters. The van der Waals surface area contributed by atoms with Crippen LogP contribution >= 0.6 is 27.5 Å². The first-order valence-corrected chi connectivity index (χ1v) is 6.23. The molecule has 0 amide bonds. The number of rotatable bonds is 2. The Morgan fingerprint density at radius 1 is 1.06 bits per heavy atom. The second kappa shape index (κ2) is 5.34. The van der Waals surface area contributed by atoms with Crippen LogP contribution in [0.15, 0.2) is 40.9 Å². The van der Waals surface area contributed by atoms with Crippen LogP contribution in [0.5, 0.6) is 0 Å². The maximum absolute atomic E-state index is 13.1. The van der Waals surface area contributed by atoms with Crippen molar-refractivity contribution in [1.29, 1.82) is 0 Å². The van der Waals surface area contributed by atoms with Crippen LogP contribution in [0, 0.1) is 11.6 Å². The molecule has 0 spiro atoms. The van der Waals surface area contributed by atoms with E-state index in [2.05, 4.69) is 15.9 Å². The summed E-state index contributed by atoms with van der Waals surface area (Å²) in [6.07, 6.45) is -1.17. The number of aliphatic hydroxyl groups is 1. The number of hydrogen-bond donors (Lipinski definition) is 1. The van der Waals surface area contributed by atoms with Gasteiger partial charge in [0.2, 0.25) is 0 Å². The molecule has 2 rings (SSSR count). The standard InChI is InChI=1S/C13H8BrClF2O/c14-8-1-2-11(12(15)5-8)13(18)7-3-9(16)6-10(17)4-7/h1-6,13,18H. The van der Waals surface area contributed by atoms with Crippen molar-refractivity contribution >= 4 is 27.5 Å². The van der Waals surface area contributed by atoms with Crippen LogP contribution in [-0.4, -0.2) is 5.11 Å². The molecule has 0 heterocycles. The molecule has 0 aliphatic rings. The van der Waals surface area contributed by atoms with E-state index in [1.807, 2.05) is 0 Å². The topological polar surface area (TPSA) is 20.2 Å². The van der Waals surface area contributed by atoms with Crippen molar-refractivity contribution < 1.29 is 13.9 Å². The van der Waals surface area contributed by atoms with Gasteiger partial charge in [-0.2, -0.15) is 0 Å². The molecule has 2 aromatic carbocycles. The Bertz CT molecular complexity index is 569. The molecular weight excluding hydrogens is 325 g/mol. The Balaban J connectivity index is 2.44. The second-order valence-electron chi connectivity index (χ2n) is 3.77. The minimum atomic E-state index is -1.17. The van der Waals surface area contributed by atoms with Crippen molar-refractivity contribution in [2.75, 3.05) is 0 Å².